The van der Waals surface area contributed by atoms with Gasteiger partial charge in [-0.2, -0.15) is 0 Å². The van der Waals surface area contributed by atoms with Crippen molar-refractivity contribution in [2.75, 3.05) is 24.5 Å². The Labute approximate surface area is 127 Å². The van der Waals surface area contributed by atoms with E-state index in [1.807, 2.05) is 6.07 Å². The summed E-state index contributed by atoms with van der Waals surface area (Å²) in [5.41, 5.74) is 2.53. The van der Waals surface area contributed by atoms with Crippen LogP contribution in [0.25, 0.3) is 0 Å². The second-order valence-electron chi connectivity index (χ2n) is 6.71. The molecule has 0 aliphatic carbocycles. The molecule has 2 heterocycles. The van der Waals surface area contributed by atoms with Crippen molar-refractivity contribution in [2.45, 2.75) is 45.7 Å². The molecular formula is C17H25ClN2. The topological polar surface area (TPSA) is 6.48 Å². The number of aryl methyl sites for hydroxylation is 1. The van der Waals surface area contributed by atoms with Gasteiger partial charge in [0.2, 0.25) is 0 Å². The molecule has 3 rings (SSSR count). The molecule has 0 N–H and O–H groups in total. The van der Waals surface area contributed by atoms with Gasteiger partial charge >= 0.3 is 0 Å². The van der Waals surface area contributed by atoms with Gasteiger partial charge in [0.1, 0.15) is 0 Å². The van der Waals surface area contributed by atoms with Crippen molar-refractivity contribution in [1.29, 1.82) is 0 Å². The van der Waals surface area contributed by atoms with Crippen molar-refractivity contribution in [1.82, 2.24) is 4.90 Å². The monoisotopic (exact) mass is 292 g/mol. The van der Waals surface area contributed by atoms with E-state index in [4.69, 9.17) is 11.6 Å². The minimum absolute atomic E-state index is 0.573. The first-order valence-corrected chi connectivity index (χ1v) is 8.21. The molecule has 1 aromatic carbocycles. The Kier molecular flexibility index (Phi) is 3.96. The number of anilines is 1. The molecule has 2 saturated heterocycles. The summed E-state index contributed by atoms with van der Waals surface area (Å²) in [6.07, 6.45) is 2.69. The molecule has 1 aromatic rings. The summed E-state index contributed by atoms with van der Waals surface area (Å²) in [7, 11) is 0. The summed E-state index contributed by atoms with van der Waals surface area (Å²) in [6, 6.07) is 7.69. The summed E-state index contributed by atoms with van der Waals surface area (Å²) in [6.45, 7) is 10.4. The molecule has 3 heteroatoms. The van der Waals surface area contributed by atoms with Gasteiger partial charge in [-0.1, -0.05) is 31.5 Å². The van der Waals surface area contributed by atoms with Crippen LogP contribution in [0.5, 0.6) is 0 Å². The van der Waals surface area contributed by atoms with Crippen molar-refractivity contribution in [3.63, 3.8) is 0 Å². The fourth-order valence-electron chi connectivity index (χ4n) is 3.73. The van der Waals surface area contributed by atoms with Crippen LogP contribution < -0.4 is 4.90 Å². The Morgan fingerprint density at radius 3 is 2.80 bits per heavy atom. The van der Waals surface area contributed by atoms with Crippen LogP contribution in [-0.2, 0) is 0 Å². The number of hydrogen-bond acceptors (Lipinski definition) is 2. The Morgan fingerprint density at radius 2 is 2.05 bits per heavy atom. The molecule has 0 radical (unpaired) electrons. The lowest BCUT2D eigenvalue weighted by Crippen LogP contribution is -2.58. The summed E-state index contributed by atoms with van der Waals surface area (Å²) in [5, 5.41) is 0.896. The van der Waals surface area contributed by atoms with Crippen LogP contribution in [0.15, 0.2) is 18.2 Å². The molecule has 2 aliphatic heterocycles. The standard InChI is InChI=1S/C17H25ClN2/c1-12(2)17-11-19-8-4-5-14(19)10-20(17)16-9-13(3)6-7-15(16)18/h6-7,9,12,14,17H,4-5,8,10-11H2,1-3H3. The lowest BCUT2D eigenvalue weighted by atomic mass is 9.96. The molecular weight excluding hydrogens is 268 g/mol. The van der Waals surface area contributed by atoms with E-state index in [9.17, 15) is 0 Å². The normalized spacial score (nSPS) is 27.1. The van der Waals surface area contributed by atoms with Crippen LogP contribution in [0, 0.1) is 12.8 Å². The van der Waals surface area contributed by atoms with Crippen molar-refractivity contribution < 1.29 is 0 Å². The highest BCUT2D eigenvalue weighted by molar-refractivity contribution is 6.33. The lowest BCUT2D eigenvalue weighted by molar-refractivity contribution is 0.176. The van der Waals surface area contributed by atoms with Crippen LogP contribution in [0.4, 0.5) is 5.69 Å². The third-order valence-corrected chi connectivity index (χ3v) is 5.23. The van der Waals surface area contributed by atoms with Gasteiger partial charge in [-0.25, -0.2) is 0 Å². The molecule has 0 spiro atoms. The molecule has 20 heavy (non-hydrogen) atoms. The van der Waals surface area contributed by atoms with E-state index >= 15 is 0 Å². The van der Waals surface area contributed by atoms with Gasteiger partial charge in [0, 0.05) is 25.2 Å². The molecule has 2 fully saturated rings. The van der Waals surface area contributed by atoms with Crippen molar-refractivity contribution in [2.24, 2.45) is 5.92 Å². The van der Waals surface area contributed by atoms with E-state index in [2.05, 4.69) is 42.7 Å². The minimum Gasteiger partial charge on any atom is -0.364 e. The van der Waals surface area contributed by atoms with E-state index in [-0.39, 0.29) is 0 Å². The minimum atomic E-state index is 0.573. The zero-order valence-electron chi connectivity index (χ0n) is 12.8. The highest BCUT2D eigenvalue weighted by Gasteiger charge is 2.38. The number of nitrogens with zero attached hydrogens (tertiary/aromatic N) is 2. The smallest absolute Gasteiger partial charge is 0.0639 e. The quantitative estimate of drug-likeness (QED) is 0.814. The number of piperazine rings is 1. The maximum atomic E-state index is 6.49. The average Bonchev–Trinajstić information content (AvgIpc) is 2.87. The largest absolute Gasteiger partial charge is 0.364 e. The average molecular weight is 293 g/mol. The number of halogens is 1. The number of rotatable bonds is 2. The Morgan fingerprint density at radius 1 is 1.25 bits per heavy atom. The van der Waals surface area contributed by atoms with Crippen LogP contribution in [0.1, 0.15) is 32.3 Å². The SMILES string of the molecule is Cc1ccc(Cl)c(N2CC3CCCN3CC2C(C)C)c1. The fourth-order valence-corrected chi connectivity index (χ4v) is 3.96. The molecule has 110 valence electrons. The van der Waals surface area contributed by atoms with Crippen LogP contribution in [0.3, 0.4) is 0 Å². The van der Waals surface area contributed by atoms with Crippen LogP contribution in [0.2, 0.25) is 5.02 Å². The number of hydrogen-bond donors (Lipinski definition) is 0. The van der Waals surface area contributed by atoms with Crippen molar-refractivity contribution in [3.05, 3.63) is 28.8 Å². The maximum Gasteiger partial charge on any atom is 0.0639 e. The zero-order chi connectivity index (χ0) is 14.3. The number of benzene rings is 1. The Balaban J connectivity index is 1.93. The second kappa shape index (κ2) is 5.57. The van der Waals surface area contributed by atoms with Gasteiger partial charge in [-0.05, 0) is 49.9 Å². The zero-order valence-corrected chi connectivity index (χ0v) is 13.5. The molecule has 2 unspecified atom stereocenters. The summed E-state index contributed by atoms with van der Waals surface area (Å²) in [4.78, 5) is 5.26. The summed E-state index contributed by atoms with van der Waals surface area (Å²) >= 11 is 6.49. The molecule has 2 aliphatic rings. The van der Waals surface area contributed by atoms with E-state index < -0.39 is 0 Å². The predicted molar refractivity (Wildman–Crippen MR) is 86.8 cm³/mol. The Bertz CT molecular complexity index is 486. The van der Waals surface area contributed by atoms with Crippen molar-refractivity contribution in [3.8, 4) is 0 Å². The molecule has 0 bridgehead atoms. The molecule has 0 amide bonds. The molecule has 2 atom stereocenters. The van der Waals surface area contributed by atoms with Crippen LogP contribution in [-0.4, -0.2) is 36.6 Å². The molecule has 0 aromatic heterocycles. The number of fused-ring (bicyclic) bond motifs is 1. The highest BCUT2D eigenvalue weighted by atomic mass is 35.5. The van der Waals surface area contributed by atoms with E-state index in [0.29, 0.717) is 12.0 Å². The van der Waals surface area contributed by atoms with Gasteiger partial charge in [0.25, 0.3) is 0 Å². The Hall–Kier alpha value is -0.730. The van der Waals surface area contributed by atoms with Crippen molar-refractivity contribution >= 4 is 17.3 Å². The van der Waals surface area contributed by atoms with Gasteiger partial charge in [0.15, 0.2) is 0 Å². The summed E-state index contributed by atoms with van der Waals surface area (Å²) < 4.78 is 0. The highest BCUT2D eigenvalue weighted by Crippen LogP contribution is 2.35. The molecule has 2 nitrogen and oxygen atoms in total. The second-order valence-corrected chi connectivity index (χ2v) is 7.12. The first-order chi connectivity index (χ1) is 9.56. The van der Waals surface area contributed by atoms with Gasteiger partial charge in [-0.3, -0.25) is 4.90 Å². The van der Waals surface area contributed by atoms with Gasteiger partial charge in [0.05, 0.1) is 10.7 Å². The van der Waals surface area contributed by atoms with E-state index in [1.165, 1.54) is 37.2 Å². The molecule has 0 saturated carbocycles. The van der Waals surface area contributed by atoms with E-state index in [0.717, 1.165) is 17.6 Å². The van der Waals surface area contributed by atoms with Crippen LogP contribution >= 0.6 is 11.6 Å². The first kappa shape index (κ1) is 14.2. The van der Waals surface area contributed by atoms with Gasteiger partial charge < -0.3 is 4.90 Å². The summed E-state index contributed by atoms with van der Waals surface area (Å²) in [5.74, 6) is 0.646. The fraction of sp³-hybridized carbons (Fsp3) is 0.647. The first-order valence-electron chi connectivity index (χ1n) is 7.83. The van der Waals surface area contributed by atoms with Gasteiger partial charge in [-0.15, -0.1) is 0 Å². The van der Waals surface area contributed by atoms with E-state index in [1.54, 1.807) is 0 Å². The lowest BCUT2D eigenvalue weighted by Gasteiger charge is -2.47. The predicted octanol–water partition coefficient (Wildman–Crippen LogP) is 3.96. The third-order valence-electron chi connectivity index (χ3n) is 4.91. The third kappa shape index (κ3) is 2.56. The maximum absolute atomic E-state index is 6.49.